The second-order valence-corrected chi connectivity index (χ2v) is 3.65. The van der Waals surface area contributed by atoms with Crippen molar-refractivity contribution in [2.24, 2.45) is 0 Å². The second kappa shape index (κ2) is 4.99. The molecule has 0 bridgehead atoms. The van der Waals surface area contributed by atoms with Crippen LogP contribution in [0.25, 0.3) is 0 Å². The molecule has 0 radical (unpaired) electrons. The highest BCUT2D eigenvalue weighted by atomic mass is 16.6. The number of ether oxygens (including phenoxy) is 3. The van der Waals surface area contributed by atoms with Gasteiger partial charge in [0.25, 0.3) is 0 Å². The van der Waals surface area contributed by atoms with Crippen molar-refractivity contribution in [2.75, 3.05) is 13.2 Å². The van der Waals surface area contributed by atoms with E-state index in [-0.39, 0.29) is 18.7 Å². The predicted molar refractivity (Wildman–Crippen MR) is 57.1 cm³/mol. The number of hydrogen-bond donors (Lipinski definition) is 0. The van der Waals surface area contributed by atoms with Gasteiger partial charge in [0.05, 0.1) is 6.61 Å². The van der Waals surface area contributed by atoms with E-state index in [9.17, 15) is 4.79 Å². The Hall–Kier alpha value is -1.55. The minimum atomic E-state index is -0.291. The third-order valence-corrected chi connectivity index (χ3v) is 2.23. The zero-order valence-corrected chi connectivity index (χ0v) is 9.14. The fourth-order valence-electron chi connectivity index (χ4n) is 1.29. The molecule has 1 aromatic rings. The maximum atomic E-state index is 10.7. The first-order valence-electron chi connectivity index (χ1n) is 5.21. The van der Waals surface area contributed by atoms with Crippen LogP contribution in [0.2, 0.25) is 0 Å². The molecule has 1 fully saturated rings. The molecule has 2 rings (SSSR count). The lowest BCUT2D eigenvalue weighted by Gasteiger charge is -2.10. The van der Waals surface area contributed by atoms with Crippen molar-refractivity contribution in [2.45, 2.75) is 19.6 Å². The van der Waals surface area contributed by atoms with Crippen LogP contribution in [0.3, 0.4) is 0 Å². The Morgan fingerprint density at radius 3 is 2.94 bits per heavy atom. The molecule has 0 amide bonds. The van der Waals surface area contributed by atoms with E-state index in [1.165, 1.54) is 6.92 Å². The average molecular weight is 222 g/mol. The van der Waals surface area contributed by atoms with Gasteiger partial charge in [0.15, 0.2) is 0 Å². The first-order valence-corrected chi connectivity index (χ1v) is 5.21. The minimum Gasteiger partial charge on any atom is -0.490 e. The lowest BCUT2D eigenvalue weighted by atomic mass is 10.2. The quantitative estimate of drug-likeness (QED) is 0.560. The summed E-state index contributed by atoms with van der Waals surface area (Å²) in [5, 5.41) is 0. The van der Waals surface area contributed by atoms with Crippen LogP contribution < -0.4 is 4.74 Å². The van der Waals surface area contributed by atoms with E-state index in [1.807, 2.05) is 24.3 Å². The van der Waals surface area contributed by atoms with Gasteiger partial charge in [-0.2, -0.15) is 0 Å². The van der Waals surface area contributed by atoms with Crippen LogP contribution in [-0.4, -0.2) is 25.3 Å². The SMILES string of the molecule is CC(=O)OCc1ccccc1OCC1CO1. The zero-order valence-electron chi connectivity index (χ0n) is 9.14. The Labute approximate surface area is 94.1 Å². The van der Waals surface area contributed by atoms with E-state index in [0.29, 0.717) is 6.61 Å². The van der Waals surface area contributed by atoms with Crippen LogP contribution >= 0.6 is 0 Å². The van der Waals surface area contributed by atoms with Gasteiger partial charge < -0.3 is 14.2 Å². The van der Waals surface area contributed by atoms with E-state index in [2.05, 4.69) is 0 Å². The van der Waals surface area contributed by atoms with Gasteiger partial charge in [0, 0.05) is 12.5 Å². The van der Waals surface area contributed by atoms with Crippen molar-refractivity contribution < 1.29 is 19.0 Å². The van der Waals surface area contributed by atoms with Gasteiger partial charge in [0.2, 0.25) is 0 Å². The summed E-state index contributed by atoms with van der Waals surface area (Å²) < 4.78 is 15.6. The average Bonchev–Trinajstić information content (AvgIpc) is 3.08. The maximum Gasteiger partial charge on any atom is 0.302 e. The van der Waals surface area contributed by atoms with Gasteiger partial charge in [-0.15, -0.1) is 0 Å². The summed E-state index contributed by atoms with van der Waals surface area (Å²) in [6, 6.07) is 7.52. The number of carbonyl (C=O) groups is 1. The smallest absolute Gasteiger partial charge is 0.302 e. The van der Waals surface area contributed by atoms with Gasteiger partial charge in [-0.05, 0) is 6.07 Å². The molecule has 0 saturated carbocycles. The summed E-state index contributed by atoms with van der Waals surface area (Å²) in [6.07, 6.45) is 0.224. The van der Waals surface area contributed by atoms with Gasteiger partial charge in [-0.25, -0.2) is 0 Å². The molecular formula is C12H14O4. The van der Waals surface area contributed by atoms with E-state index in [4.69, 9.17) is 14.2 Å². The maximum absolute atomic E-state index is 10.7. The summed E-state index contributed by atoms with van der Waals surface area (Å²) in [5.41, 5.74) is 0.873. The Bertz CT molecular complexity index is 371. The molecule has 1 heterocycles. The molecule has 1 aromatic carbocycles. The fraction of sp³-hybridized carbons (Fsp3) is 0.417. The Morgan fingerprint density at radius 1 is 1.50 bits per heavy atom. The van der Waals surface area contributed by atoms with Gasteiger partial charge in [-0.1, -0.05) is 18.2 Å². The highest BCUT2D eigenvalue weighted by Crippen LogP contribution is 2.20. The standard InChI is InChI=1S/C12H14O4/c1-9(13)14-6-10-4-2-3-5-12(10)16-8-11-7-15-11/h2-5,11H,6-8H2,1H3. The van der Waals surface area contributed by atoms with Crippen molar-refractivity contribution in [1.82, 2.24) is 0 Å². The first kappa shape index (κ1) is 11.0. The minimum absolute atomic E-state index is 0.224. The summed E-state index contributed by atoms with van der Waals surface area (Å²) in [7, 11) is 0. The number of benzene rings is 1. The highest BCUT2D eigenvalue weighted by Gasteiger charge is 2.23. The Kier molecular flexibility index (Phi) is 3.41. The number of epoxide rings is 1. The van der Waals surface area contributed by atoms with Crippen molar-refractivity contribution >= 4 is 5.97 Å². The third-order valence-electron chi connectivity index (χ3n) is 2.23. The molecule has 16 heavy (non-hydrogen) atoms. The van der Waals surface area contributed by atoms with Crippen LogP contribution in [0.4, 0.5) is 0 Å². The molecule has 0 aromatic heterocycles. The summed E-state index contributed by atoms with van der Waals surface area (Å²) in [5.74, 6) is 0.458. The predicted octanol–water partition coefficient (Wildman–Crippen LogP) is 1.53. The fourth-order valence-corrected chi connectivity index (χ4v) is 1.29. The molecule has 0 N–H and O–H groups in total. The topological polar surface area (TPSA) is 48.1 Å². The van der Waals surface area contributed by atoms with Crippen molar-refractivity contribution in [3.05, 3.63) is 29.8 Å². The van der Waals surface area contributed by atoms with Crippen LogP contribution in [0.1, 0.15) is 12.5 Å². The third kappa shape index (κ3) is 3.24. The largest absolute Gasteiger partial charge is 0.490 e. The summed E-state index contributed by atoms with van der Waals surface area (Å²) in [6.45, 7) is 2.96. The van der Waals surface area contributed by atoms with Crippen LogP contribution in [0.5, 0.6) is 5.75 Å². The van der Waals surface area contributed by atoms with Crippen LogP contribution in [-0.2, 0) is 20.9 Å². The first-order chi connectivity index (χ1) is 7.75. The van der Waals surface area contributed by atoms with Gasteiger partial charge >= 0.3 is 5.97 Å². The molecule has 86 valence electrons. The van der Waals surface area contributed by atoms with E-state index < -0.39 is 0 Å². The molecular weight excluding hydrogens is 208 g/mol. The highest BCUT2D eigenvalue weighted by molar-refractivity contribution is 5.66. The van der Waals surface area contributed by atoms with E-state index >= 15 is 0 Å². The lowest BCUT2D eigenvalue weighted by Crippen LogP contribution is -2.07. The molecule has 1 aliphatic heterocycles. The molecule has 4 nitrogen and oxygen atoms in total. The van der Waals surface area contributed by atoms with Gasteiger partial charge in [0.1, 0.15) is 25.1 Å². The molecule has 1 aliphatic rings. The van der Waals surface area contributed by atoms with Crippen LogP contribution in [0.15, 0.2) is 24.3 Å². The number of carbonyl (C=O) groups excluding carboxylic acids is 1. The normalized spacial score (nSPS) is 17.9. The van der Waals surface area contributed by atoms with Crippen LogP contribution in [0, 0.1) is 0 Å². The number of para-hydroxylation sites is 1. The molecule has 0 spiro atoms. The Balaban J connectivity index is 1.94. The number of rotatable bonds is 5. The lowest BCUT2D eigenvalue weighted by molar-refractivity contribution is -0.142. The summed E-state index contributed by atoms with van der Waals surface area (Å²) >= 11 is 0. The molecule has 0 aliphatic carbocycles. The van der Waals surface area contributed by atoms with E-state index in [1.54, 1.807) is 0 Å². The zero-order chi connectivity index (χ0) is 11.4. The van der Waals surface area contributed by atoms with E-state index in [0.717, 1.165) is 17.9 Å². The molecule has 1 saturated heterocycles. The molecule has 1 unspecified atom stereocenters. The van der Waals surface area contributed by atoms with Crippen molar-refractivity contribution in [3.63, 3.8) is 0 Å². The van der Waals surface area contributed by atoms with Crippen molar-refractivity contribution in [1.29, 1.82) is 0 Å². The van der Waals surface area contributed by atoms with Gasteiger partial charge in [-0.3, -0.25) is 4.79 Å². The molecule has 1 atom stereocenters. The number of hydrogen-bond acceptors (Lipinski definition) is 4. The second-order valence-electron chi connectivity index (χ2n) is 3.65. The Morgan fingerprint density at radius 2 is 2.25 bits per heavy atom. The van der Waals surface area contributed by atoms with Crippen molar-refractivity contribution in [3.8, 4) is 5.75 Å². The molecule has 4 heteroatoms. The number of esters is 1. The summed E-state index contributed by atoms with van der Waals surface area (Å²) in [4.78, 5) is 10.7. The monoisotopic (exact) mass is 222 g/mol.